The quantitative estimate of drug-likeness (QED) is 0.594. The number of nitrogens with one attached hydrogen (secondary N) is 1. The number of aryl methyl sites for hydroxylation is 1. The molecule has 0 aliphatic rings. The predicted molar refractivity (Wildman–Crippen MR) is 105 cm³/mol. The average molecular weight is 388 g/mol. The topological polar surface area (TPSA) is 54.9 Å². The molecule has 0 aliphatic heterocycles. The number of aromatic nitrogens is 2. The maximum absolute atomic E-state index is 13.0. The van der Waals surface area contributed by atoms with Crippen LogP contribution >= 0.6 is 23.1 Å². The molecule has 1 heterocycles. The maximum Gasteiger partial charge on any atom is 0.239 e. The van der Waals surface area contributed by atoms with Gasteiger partial charge in [-0.05, 0) is 49.7 Å². The number of rotatable bonds is 6. The Kier molecular flexibility index (Phi) is 6.00. The highest BCUT2D eigenvalue weighted by molar-refractivity contribution is 8.00. The Morgan fingerprint density at radius 2 is 1.85 bits per heavy atom. The number of thioether (sulfide) groups is 1. The highest BCUT2D eigenvalue weighted by atomic mass is 32.2. The predicted octanol–water partition coefficient (Wildman–Crippen LogP) is 5.16. The third-order valence-corrected chi connectivity index (χ3v) is 5.97. The first kappa shape index (κ1) is 18.5. The number of benzene rings is 2. The van der Waals surface area contributed by atoms with E-state index in [0.717, 1.165) is 10.5 Å². The number of anilines is 1. The third-order valence-electron chi connectivity index (χ3n) is 3.71. The Morgan fingerprint density at radius 1 is 1.15 bits per heavy atom. The minimum absolute atomic E-state index is 0.0973. The molecule has 1 N–H and O–H groups in total. The molecule has 1 amide bonds. The van der Waals surface area contributed by atoms with Crippen molar-refractivity contribution in [2.75, 3.05) is 5.32 Å². The lowest BCUT2D eigenvalue weighted by Crippen LogP contribution is -2.24. The lowest BCUT2D eigenvalue weighted by Gasteiger charge is -2.13. The lowest BCUT2D eigenvalue weighted by atomic mass is 10.2. The molecular weight excluding hydrogens is 369 g/mol. The van der Waals surface area contributed by atoms with Gasteiger partial charge in [0, 0.05) is 10.5 Å². The third kappa shape index (κ3) is 4.68. The second kappa shape index (κ2) is 8.42. The molecule has 0 saturated carbocycles. The van der Waals surface area contributed by atoms with E-state index in [4.69, 9.17) is 0 Å². The SMILES string of the molecule is CCC(Sc1ccc(C)cc1)C(=O)Nc1nnc(-c2ccc(F)cc2)s1. The van der Waals surface area contributed by atoms with Gasteiger partial charge in [0.1, 0.15) is 10.8 Å². The molecule has 26 heavy (non-hydrogen) atoms. The molecule has 2 aromatic carbocycles. The first-order chi connectivity index (χ1) is 12.5. The number of hydrogen-bond donors (Lipinski definition) is 1. The zero-order valence-corrected chi connectivity index (χ0v) is 16.0. The summed E-state index contributed by atoms with van der Waals surface area (Å²) in [5.74, 6) is -0.398. The van der Waals surface area contributed by atoms with Crippen molar-refractivity contribution < 1.29 is 9.18 Å². The highest BCUT2D eigenvalue weighted by Gasteiger charge is 2.19. The van der Waals surface area contributed by atoms with Gasteiger partial charge in [-0.1, -0.05) is 36.0 Å². The van der Waals surface area contributed by atoms with Gasteiger partial charge in [0.2, 0.25) is 11.0 Å². The van der Waals surface area contributed by atoms with E-state index in [1.807, 2.05) is 38.1 Å². The number of amides is 1. The van der Waals surface area contributed by atoms with Crippen LogP contribution in [0, 0.1) is 12.7 Å². The molecular formula is C19H18FN3OS2. The standard InChI is InChI=1S/C19H18FN3OS2/c1-3-16(25-15-10-4-12(2)5-11-15)17(24)21-19-23-22-18(26-19)13-6-8-14(20)9-7-13/h4-11,16H,3H2,1-2H3,(H,21,23,24). The molecule has 3 rings (SSSR count). The van der Waals surface area contributed by atoms with Crippen molar-refractivity contribution in [1.29, 1.82) is 0 Å². The van der Waals surface area contributed by atoms with Gasteiger partial charge in [-0.25, -0.2) is 4.39 Å². The Morgan fingerprint density at radius 3 is 2.50 bits per heavy atom. The van der Waals surface area contributed by atoms with Gasteiger partial charge >= 0.3 is 0 Å². The van der Waals surface area contributed by atoms with Gasteiger partial charge in [0.05, 0.1) is 5.25 Å². The molecule has 3 aromatic rings. The van der Waals surface area contributed by atoms with Gasteiger partial charge in [-0.15, -0.1) is 22.0 Å². The molecule has 0 fully saturated rings. The molecule has 4 nitrogen and oxygen atoms in total. The molecule has 0 aliphatic carbocycles. The lowest BCUT2D eigenvalue weighted by molar-refractivity contribution is -0.115. The maximum atomic E-state index is 13.0. The minimum Gasteiger partial charge on any atom is -0.300 e. The molecule has 0 saturated heterocycles. The fraction of sp³-hybridized carbons (Fsp3) is 0.211. The van der Waals surface area contributed by atoms with Crippen LogP contribution in [-0.2, 0) is 4.79 Å². The molecule has 134 valence electrons. The van der Waals surface area contributed by atoms with Gasteiger partial charge in [-0.2, -0.15) is 0 Å². The van der Waals surface area contributed by atoms with Crippen LogP contribution in [0.3, 0.4) is 0 Å². The summed E-state index contributed by atoms with van der Waals surface area (Å²) in [5.41, 5.74) is 1.96. The fourth-order valence-corrected chi connectivity index (χ4v) is 3.98. The van der Waals surface area contributed by atoms with Gasteiger partial charge < -0.3 is 0 Å². The summed E-state index contributed by atoms with van der Waals surface area (Å²) in [5, 5.41) is 11.8. The monoisotopic (exact) mass is 387 g/mol. The van der Waals surface area contributed by atoms with Crippen LogP contribution < -0.4 is 5.32 Å². The zero-order valence-electron chi connectivity index (χ0n) is 14.4. The Balaban J connectivity index is 1.66. The van der Waals surface area contributed by atoms with Crippen molar-refractivity contribution in [2.45, 2.75) is 30.4 Å². The van der Waals surface area contributed by atoms with Crippen molar-refractivity contribution in [3.05, 3.63) is 59.9 Å². The van der Waals surface area contributed by atoms with Crippen LogP contribution in [0.4, 0.5) is 9.52 Å². The van der Waals surface area contributed by atoms with E-state index in [2.05, 4.69) is 15.5 Å². The van der Waals surface area contributed by atoms with E-state index in [1.54, 1.807) is 12.1 Å². The first-order valence-corrected chi connectivity index (χ1v) is 9.88. The van der Waals surface area contributed by atoms with Crippen molar-refractivity contribution >= 4 is 34.1 Å². The number of carbonyl (C=O) groups is 1. The molecule has 0 bridgehead atoms. The molecule has 0 radical (unpaired) electrons. The largest absolute Gasteiger partial charge is 0.300 e. The van der Waals surface area contributed by atoms with Crippen molar-refractivity contribution in [3.8, 4) is 10.6 Å². The summed E-state index contributed by atoms with van der Waals surface area (Å²) in [7, 11) is 0. The van der Waals surface area contributed by atoms with Crippen LogP contribution in [0.2, 0.25) is 0 Å². The molecule has 1 unspecified atom stereocenters. The zero-order chi connectivity index (χ0) is 18.5. The van der Waals surface area contributed by atoms with Crippen molar-refractivity contribution in [3.63, 3.8) is 0 Å². The van der Waals surface area contributed by atoms with Crippen LogP contribution in [0.1, 0.15) is 18.9 Å². The second-order valence-corrected chi connectivity index (χ2v) is 7.99. The summed E-state index contributed by atoms with van der Waals surface area (Å²) in [6, 6.07) is 14.1. The second-order valence-electron chi connectivity index (χ2n) is 5.74. The van der Waals surface area contributed by atoms with E-state index in [9.17, 15) is 9.18 Å². The minimum atomic E-state index is -0.300. The summed E-state index contributed by atoms with van der Waals surface area (Å²) in [4.78, 5) is 13.6. The Labute approximate surface area is 159 Å². The summed E-state index contributed by atoms with van der Waals surface area (Å²) < 4.78 is 13.0. The highest BCUT2D eigenvalue weighted by Crippen LogP contribution is 2.29. The van der Waals surface area contributed by atoms with Gasteiger partial charge in [0.15, 0.2) is 0 Å². The summed E-state index contributed by atoms with van der Waals surface area (Å²) in [6.45, 7) is 4.02. The van der Waals surface area contributed by atoms with Gasteiger partial charge in [0.25, 0.3) is 0 Å². The molecule has 1 aromatic heterocycles. The van der Waals surface area contributed by atoms with Crippen molar-refractivity contribution in [2.24, 2.45) is 0 Å². The molecule has 7 heteroatoms. The summed E-state index contributed by atoms with van der Waals surface area (Å²) in [6.07, 6.45) is 0.702. The number of carbonyl (C=O) groups excluding carboxylic acids is 1. The van der Waals surface area contributed by atoms with E-state index in [0.29, 0.717) is 16.6 Å². The first-order valence-electron chi connectivity index (χ1n) is 8.19. The number of nitrogens with zero attached hydrogens (tertiary/aromatic N) is 2. The average Bonchev–Trinajstić information content (AvgIpc) is 3.10. The molecule has 0 spiro atoms. The summed E-state index contributed by atoms with van der Waals surface area (Å²) >= 11 is 2.80. The van der Waals surface area contributed by atoms with Gasteiger partial charge in [-0.3, -0.25) is 10.1 Å². The number of halogens is 1. The van der Waals surface area contributed by atoms with Crippen LogP contribution in [0.5, 0.6) is 0 Å². The van der Waals surface area contributed by atoms with Crippen LogP contribution in [-0.4, -0.2) is 21.4 Å². The van der Waals surface area contributed by atoms with E-state index >= 15 is 0 Å². The van der Waals surface area contributed by atoms with E-state index < -0.39 is 0 Å². The van der Waals surface area contributed by atoms with Crippen LogP contribution in [0.15, 0.2) is 53.4 Å². The van der Waals surface area contributed by atoms with Crippen LogP contribution in [0.25, 0.3) is 10.6 Å². The van der Waals surface area contributed by atoms with E-state index in [1.165, 1.54) is 40.8 Å². The fourth-order valence-electron chi connectivity index (χ4n) is 2.27. The smallest absolute Gasteiger partial charge is 0.239 e. The Hall–Kier alpha value is -2.25. The molecule has 1 atom stereocenters. The Bertz CT molecular complexity index is 879. The normalized spacial score (nSPS) is 12.0. The number of hydrogen-bond acceptors (Lipinski definition) is 5. The van der Waals surface area contributed by atoms with Crippen molar-refractivity contribution in [1.82, 2.24) is 10.2 Å². The van der Waals surface area contributed by atoms with E-state index in [-0.39, 0.29) is 17.0 Å².